The molecule has 0 bridgehead atoms. The molecule has 4 rings (SSSR count). The molecule has 5 nitrogen and oxygen atoms in total. The van der Waals surface area contributed by atoms with Crippen LogP contribution in [0.5, 0.6) is 0 Å². The Balaban J connectivity index is 1.43. The van der Waals surface area contributed by atoms with Gasteiger partial charge >= 0.3 is 0 Å². The zero-order valence-electron chi connectivity index (χ0n) is 16.5. The van der Waals surface area contributed by atoms with Crippen LogP contribution in [-0.4, -0.2) is 22.8 Å². The van der Waals surface area contributed by atoms with Gasteiger partial charge in [0, 0.05) is 23.7 Å². The van der Waals surface area contributed by atoms with Gasteiger partial charge in [0.25, 0.3) is 11.5 Å². The van der Waals surface area contributed by atoms with Crippen LogP contribution in [0.15, 0.2) is 58.7 Å². The van der Waals surface area contributed by atoms with Gasteiger partial charge in [0.1, 0.15) is 5.56 Å². The van der Waals surface area contributed by atoms with Crippen molar-refractivity contribution < 1.29 is 4.79 Å². The number of rotatable bonds is 6. The fourth-order valence-electron chi connectivity index (χ4n) is 3.94. The Labute approximate surface area is 174 Å². The van der Waals surface area contributed by atoms with Gasteiger partial charge in [0.05, 0.1) is 6.04 Å². The molecule has 1 aromatic carbocycles. The van der Waals surface area contributed by atoms with Crippen LogP contribution in [-0.2, 0) is 19.5 Å². The summed E-state index contributed by atoms with van der Waals surface area (Å²) in [6.07, 6.45) is 2.97. The second-order valence-corrected chi connectivity index (χ2v) is 8.63. The Kier molecular flexibility index (Phi) is 5.92. The maximum Gasteiger partial charge on any atom is 0.261 e. The molecule has 1 aliphatic rings. The van der Waals surface area contributed by atoms with Crippen LogP contribution in [0.3, 0.4) is 0 Å². The van der Waals surface area contributed by atoms with Crippen LogP contribution in [0.4, 0.5) is 0 Å². The highest BCUT2D eigenvalue weighted by atomic mass is 32.1. The first-order valence-electron chi connectivity index (χ1n) is 9.92. The van der Waals surface area contributed by atoms with E-state index in [4.69, 9.17) is 0 Å². The SMILES string of the molecule is CN(Cc1ccc(C(=O)NC2CCCc3ccccc32)c(=O)[nH]1)Cc1cccs1. The third-order valence-corrected chi connectivity index (χ3v) is 6.20. The molecule has 29 heavy (non-hydrogen) atoms. The third kappa shape index (κ3) is 4.66. The minimum absolute atomic E-state index is 0.0385. The van der Waals surface area contributed by atoms with Crippen LogP contribution in [0.1, 0.15) is 50.9 Å². The van der Waals surface area contributed by atoms with E-state index in [1.165, 1.54) is 10.4 Å². The topological polar surface area (TPSA) is 65.2 Å². The van der Waals surface area contributed by atoms with Crippen molar-refractivity contribution in [2.45, 2.75) is 38.4 Å². The molecule has 2 heterocycles. The standard InChI is InChI=1S/C23H25N3O2S/c1-26(15-18-8-5-13-29-18)14-17-11-12-20(22(27)24-17)23(28)25-21-10-4-7-16-6-2-3-9-19(16)21/h2-3,5-6,8-9,11-13,21H,4,7,10,14-15H2,1H3,(H,24,27)(H,25,28). The average Bonchev–Trinajstić information content (AvgIpc) is 3.21. The van der Waals surface area contributed by atoms with E-state index in [1.54, 1.807) is 17.4 Å². The number of hydrogen-bond acceptors (Lipinski definition) is 4. The van der Waals surface area contributed by atoms with Gasteiger partial charge in [-0.15, -0.1) is 11.3 Å². The van der Waals surface area contributed by atoms with Gasteiger partial charge in [-0.2, -0.15) is 0 Å². The maximum atomic E-state index is 12.7. The van der Waals surface area contributed by atoms with Crippen molar-refractivity contribution in [3.05, 3.63) is 91.5 Å². The van der Waals surface area contributed by atoms with E-state index < -0.39 is 0 Å². The van der Waals surface area contributed by atoms with Gasteiger partial charge in [-0.05, 0) is 61.0 Å². The molecule has 0 saturated carbocycles. The van der Waals surface area contributed by atoms with Gasteiger partial charge < -0.3 is 10.3 Å². The predicted octanol–water partition coefficient (Wildman–Crippen LogP) is 3.88. The van der Waals surface area contributed by atoms with Crippen molar-refractivity contribution in [1.82, 2.24) is 15.2 Å². The summed E-state index contributed by atoms with van der Waals surface area (Å²) in [6.45, 7) is 1.44. The molecule has 3 aromatic rings. The highest BCUT2D eigenvalue weighted by Crippen LogP contribution is 2.29. The van der Waals surface area contributed by atoms with Crippen LogP contribution in [0.2, 0.25) is 0 Å². The van der Waals surface area contributed by atoms with Crippen LogP contribution < -0.4 is 10.9 Å². The number of H-pyrrole nitrogens is 1. The lowest BCUT2D eigenvalue weighted by atomic mass is 9.87. The van der Waals surface area contributed by atoms with Crippen molar-refractivity contribution in [3.8, 4) is 0 Å². The Morgan fingerprint density at radius 1 is 1.17 bits per heavy atom. The zero-order valence-corrected chi connectivity index (χ0v) is 17.3. The first-order valence-corrected chi connectivity index (χ1v) is 10.8. The number of pyridine rings is 1. The number of thiophene rings is 1. The van der Waals surface area contributed by atoms with E-state index >= 15 is 0 Å². The Morgan fingerprint density at radius 3 is 2.83 bits per heavy atom. The zero-order chi connectivity index (χ0) is 20.2. The van der Waals surface area contributed by atoms with E-state index in [2.05, 4.69) is 38.8 Å². The largest absolute Gasteiger partial charge is 0.345 e. The first-order chi connectivity index (χ1) is 14.1. The summed E-state index contributed by atoms with van der Waals surface area (Å²) in [6, 6.07) is 15.8. The third-order valence-electron chi connectivity index (χ3n) is 5.34. The van der Waals surface area contributed by atoms with E-state index in [9.17, 15) is 9.59 Å². The number of fused-ring (bicyclic) bond motifs is 1. The fraction of sp³-hybridized carbons (Fsp3) is 0.304. The quantitative estimate of drug-likeness (QED) is 0.652. The molecule has 0 aliphatic heterocycles. The van der Waals surface area contributed by atoms with Gasteiger partial charge in [0.15, 0.2) is 0 Å². The lowest BCUT2D eigenvalue weighted by Crippen LogP contribution is -2.34. The molecule has 0 spiro atoms. The number of hydrogen-bond donors (Lipinski definition) is 2. The average molecular weight is 408 g/mol. The molecular weight excluding hydrogens is 382 g/mol. The predicted molar refractivity (Wildman–Crippen MR) is 116 cm³/mol. The molecule has 1 aliphatic carbocycles. The molecule has 1 amide bonds. The summed E-state index contributed by atoms with van der Waals surface area (Å²) >= 11 is 1.72. The Bertz CT molecular complexity index is 1040. The number of carbonyl (C=O) groups is 1. The Hall–Kier alpha value is -2.70. The van der Waals surface area contributed by atoms with E-state index in [0.29, 0.717) is 6.54 Å². The summed E-state index contributed by atoms with van der Waals surface area (Å²) in [5.41, 5.74) is 3.07. The summed E-state index contributed by atoms with van der Waals surface area (Å²) in [4.78, 5) is 31.6. The molecule has 0 fully saturated rings. The van der Waals surface area contributed by atoms with Gasteiger partial charge in [-0.3, -0.25) is 14.5 Å². The molecule has 2 N–H and O–H groups in total. The lowest BCUT2D eigenvalue weighted by molar-refractivity contribution is 0.0931. The van der Waals surface area contributed by atoms with Crippen molar-refractivity contribution in [2.24, 2.45) is 0 Å². The molecule has 6 heteroatoms. The first kappa shape index (κ1) is 19.6. The monoisotopic (exact) mass is 407 g/mol. The number of aryl methyl sites for hydroxylation is 1. The molecule has 1 unspecified atom stereocenters. The molecule has 0 radical (unpaired) electrons. The fourth-order valence-corrected chi connectivity index (χ4v) is 4.72. The normalized spacial score (nSPS) is 15.9. The molecule has 1 atom stereocenters. The van der Waals surface area contributed by atoms with Crippen molar-refractivity contribution in [3.63, 3.8) is 0 Å². The van der Waals surface area contributed by atoms with Gasteiger partial charge in [-0.1, -0.05) is 30.3 Å². The number of benzene rings is 1. The van der Waals surface area contributed by atoms with Crippen molar-refractivity contribution >= 4 is 17.2 Å². The number of nitrogens with one attached hydrogen (secondary N) is 2. The number of amides is 1. The van der Waals surface area contributed by atoms with Gasteiger partial charge in [-0.25, -0.2) is 0 Å². The summed E-state index contributed by atoms with van der Waals surface area (Å²) in [7, 11) is 2.01. The maximum absolute atomic E-state index is 12.7. The number of aromatic amines is 1. The van der Waals surface area contributed by atoms with E-state index in [1.807, 2.05) is 31.3 Å². The molecule has 150 valence electrons. The minimum atomic E-state index is -0.339. The summed E-state index contributed by atoms with van der Waals surface area (Å²) < 4.78 is 0. The smallest absolute Gasteiger partial charge is 0.261 e. The molecule has 0 saturated heterocycles. The highest BCUT2D eigenvalue weighted by molar-refractivity contribution is 7.09. The number of carbonyl (C=O) groups excluding carboxylic acids is 1. The van der Waals surface area contributed by atoms with Gasteiger partial charge in [0.2, 0.25) is 0 Å². The van der Waals surface area contributed by atoms with Crippen LogP contribution in [0, 0.1) is 0 Å². The molecule has 2 aromatic heterocycles. The lowest BCUT2D eigenvalue weighted by Gasteiger charge is -2.26. The minimum Gasteiger partial charge on any atom is -0.345 e. The second-order valence-electron chi connectivity index (χ2n) is 7.60. The Morgan fingerprint density at radius 2 is 2.03 bits per heavy atom. The van der Waals surface area contributed by atoms with Crippen LogP contribution >= 0.6 is 11.3 Å². The van der Waals surface area contributed by atoms with Crippen molar-refractivity contribution in [1.29, 1.82) is 0 Å². The van der Waals surface area contributed by atoms with Crippen molar-refractivity contribution in [2.75, 3.05) is 7.05 Å². The molecular formula is C23H25N3O2S. The second kappa shape index (κ2) is 8.76. The number of aromatic nitrogens is 1. The van der Waals surface area contributed by atoms with Crippen LogP contribution in [0.25, 0.3) is 0 Å². The van der Waals surface area contributed by atoms with E-state index in [0.717, 1.165) is 37.1 Å². The van der Waals surface area contributed by atoms with E-state index in [-0.39, 0.29) is 23.1 Å². The summed E-state index contributed by atoms with van der Waals surface area (Å²) in [5, 5.41) is 5.11. The summed E-state index contributed by atoms with van der Waals surface area (Å²) in [5.74, 6) is -0.313. The number of nitrogens with zero attached hydrogens (tertiary/aromatic N) is 1. The highest BCUT2D eigenvalue weighted by Gasteiger charge is 2.23.